The molecule has 5 nitrogen and oxygen atoms in total. The second kappa shape index (κ2) is 12.3. The zero-order chi connectivity index (χ0) is 26.0. The molecule has 0 amide bonds. The summed E-state index contributed by atoms with van der Waals surface area (Å²) < 4.78 is 0. The van der Waals surface area contributed by atoms with Gasteiger partial charge >= 0.3 is 0 Å². The minimum absolute atomic E-state index is 0.0868. The zero-order valence-corrected chi connectivity index (χ0v) is 19.9. The number of hydrogen-bond acceptors (Lipinski definition) is 5. The molecule has 4 aromatic rings. The lowest BCUT2D eigenvalue weighted by molar-refractivity contribution is -0.253. The molecule has 0 bridgehead atoms. The molecule has 4 aromatic carbocycles. The van der Waals surface area contributed by atoms with E-state index in [9.17, 15) is 14.4 Å². The molecule has 0 fully saturated rings. The molecule has 0 aromatic heterocycles. The second-order valence-corrected chi connectivity index (χ2v) is 8.30. The Labute approximate surface area is 214 Å². The topological polar surface area (TPSA) is 80.7 Å². The summed E-state index contributed by atoms with van der Waals surface area (Å²) in [4.78, 5) is 41.7. The van der Waals surface area contributed by atoms with Crippen molar-refractivity contribution in [2.75, 3.05) is 0 Å². The standard InChI is InChI=1S/C32H24O5/c33-30(26-4-2-1-3-5-26)20-13-24-10-14-28(15-11-24)32(35)29-18-16-27(17-19-29)31(34)21-12-23-6-8-25(9-7-23)22-37-36/h1-21,36H,22H2. The highest BCUT2D eigenvalue weighted by Crippen LogP contribution is 2.15. The van der Waals surface area contributed by atoms with Crippen LogP contribution in [0.25, 0.3) is 12.2 Å². The van der Waals surface area contributed by atoms with E-state index < -0.39 is 0 Å². The fourth-order valence-corrected chi connectivity index (χ4v) is 3.64. The van der Waals surface area contributed by atoms with E-state index in [0.29, 0.717) is 22.3 Å². The Hall–Kier alpha value is -4.71. The Morgan fingerprint density at radius 1 is 0.568 bits per heavy atom. The first-order valence-corrected chi connectivity index (χ1v) is 11.6. The average molecular weight is 489 g/mol. The Balaban J connectivity index is 1.37. The zero-order valence-electron chi connectivity index (χ0n) is 19.9. The van der Waals surface area contributed by atoms with Gasteiger partial charge in [0.2, 0.25) is 0 Å². The second-order valence-electron chi connectivity index (χ2n) is 8.30. The van der Waals surface area contributed by atoms with Crippen molar-refractivity contribution in [2.45, 2.75) is 6.61 Å². The van der Waals surface area contributed by atoms with Crippen molar-refractivity contribution in [3.05, 3.63) is 154 Å². The predicted octanol–water partition coefficient (Wildman–Crippen LogP) is 6.70. The molecule has 0 aliphatic rings. The fraction of sp³-hybridized carbons (Fsp3) is 0.0312. The molecule has 0 spiro atoms. The molecule has 5 heteroatoms. The van der Waals surface area contributed by atoms with E-state index in [4.69, 9.17) is 5.26 Å². The van der Waals surface area contributed by atoms with Crippen LogP contribution in [0.5, 0.6) is 0 Å². The van der Waals surface area contributed by atoms with Crippen molar-refractivity contribution in [2.24, 2.45) is 0 Å². The average Bonchev–Trinajstić information content (AvgIpc) is 2.96. The summed E-state index contributed by atoms with van der Waals surface area (Å²) in [5, 5.41) is 8.50. The summed E-state index contributed by atoms with van der Waals surface area (Å²) in [7, 11) is 0. The summed E-state index contributed by atoms with van der Waals surface area (Å²) >= 11 is 0. The molecule has 0 saturated heterocycles. The number of benzene rings is 4. The molecule has 4 rings (SSSR count). The van der Waals surface area contributed by atoms with Crippen molar-refractivity contribution in [1.82, 2.24) is 0 Å². The van der Waals surface area contributed by atoms with Crippen molar-refractivity contribution in [3.63, 3.8) is 0 Å². The molecule has 0 heterocycles. The van der Waals surface area contributed by atoms with E-state index in [-0.39, 0.29) is 24.0 Å². The molecule has 0 unspecified atom stereocenters. The van der Waals surface area contributed by atoms with Crippen LogP contribution in [-0.4, -0.2) is 22.6 Å². The minimum atomic E-state index is -0.178. The maximum absolute atomic E-state index is 12.9. The van der Waals surface area contributed by atoms with E-state index in [0.717, 1.165) is 16.7 Å². The van der Waals surface area contributed by atoms with E-state index in [2.05, 4.69) is 4.89 Å². The molecule has 37 heavy (non-hydrogen) atoms. The summed E-state index contributed by atoms with van der Waals surface area (Å²) in [6.45, 7) is 0.102. The number of ketones is 3. The Morgan fingerprint density at radius 2 is 1.00 bits per heavy atom. The first-order chi connectivity index (χ1) is 18.0. The summed E-state index contributed by atoms with van der Waals surface area (Å²) in [5.74, 6) is -0.420. The van der Waals surface area contributed by atoms with Crippen LogP contribution in [0.1, 0.15) is 53.3 Å². The Bertz CT molecular complexity index is 1430. The first kappa shape index (κ1) is 25.4. The molecule has 1 N–H and O–H groups in total. The highest BCUT2D eigenvalue weighted by Gasteiger charge is 2.10. The van der Waals surface area contributed by atoms with Crippen LogP contribution in [0.2, 0.25) is 0 Å². The summed E-state index contributed by atoms with van der Waals surface area (Å²) in [6.07, 6.45) is 6.41. The molecule has 182 valence electrons. The molecule has 0 atom stereocenters. The smallest absolute Gasteiger partial charge is 0.193 e. The minimum Gasteiger partial charge on any atom is -0.289 e. The van der Waals surface area contributed by atoms with Gasteiger partial charge in [-0.15, -0.1) is 0 Å². The fourth-order valence-electron chi connectivity index (χ4n) is 3.64. The van der Waals surface area contributed by atoms with Crippen molar-refractivity contribution in [1.29, 1.82) is 0 Å². The molecule has 0 aliphatic carbocycles. The Morgan fingerprint density at radius 3 is 1.51 bits per heavy atom. The van der Waals surface area contributed by atoms with Gasteiger partial charge in [-0.2, -0.15) is 0 Å². The van der Waals surface area contributed by atoms with Gasteiger partial charge in [0.25, 0.3) is 0 Å². The van der Waals surface area contributed by atoms with Crippen molar-refractivity contribution >= 4 is 29.5 Å². The SMILES string of the molecule is O=C(C=Cc1ccc(C(=O)c2ccc(C(=O)C=Cc3ccc(COO)cc3)cc2)cc1)c1ccccc1. The molecular formula is C32H24O5. The number of hydrogen-bond donors (Lipinski definition) is 1. The lowest BCUT2D eigenvalue weighted by Gasteiger charge is -2.04. The monoisotopic (exact) mass is 488 g/mol. The van der Waals surface area contributed by atoms with Crippen LogP contribution in [0.3, 0.4) is 0 Å². The third-order valence-corrected chi connectivity index (χ3v) is 5.73. The lowest BCUT2D eigenvalue weighted by atomic mass is 9.99. The predicted molar refractivity (Wildman–Crippen MR) is 143 cm³/mol. The van der Waals surface area contributed by atoms with Gasteiger partial charge in [-0.25, -0.2) is 4.89 Å². The maximum atomic E-state index is 12.9. The normalized spacial score (nSPS) is 11.2. The van der Waals surface area contributed by atoms with Gasteiger partial charge in [-0.1, -0.05) is 115 Å². The van der Waals surface area contributed by atoms with Crippen LogP contribution < -0.4 is 0 Å². The highest BCUT2D eigenvalue weighted by molar-refractivity contribution is 6.11. The van der Waals surface area contributed by atoms with Crippen LogP contribution in [0.4, 0.5) is 0 Å². The van der Waals surface area contributed by atoms with Gasteiger partial charge in [0.1, 0.15) is 6.61 Å². The number of carbonyl (C=O) groups is 3. The third-order valence-electron chi connectivity index (χ3n) is 5.73. The van der Waals surface area contributed by atoms with E-state index in [1.165, 1.54) is 12.2 Å². The third kappa shape index (κ3) is 6.92. The maximum Gasteiger partial charge on any atom is 0.193 e. The van der Waals surface area contributed by atoms with Gasteiger partial charge < -0.3 is 0 Å². The van der Waals surface area contributed by atoms with Crippen LogP contribution in [0, 0.1) is 0 Å². The highest BCUT2D eigenvalue weighted by atomic mass is 17.1. The Kier molecular flexibility index (Phi) is 8.45. The van der Waals surface area contributed by atoms with E-state index in [1.54, 1.807) is 84.9 Å². The van der Waals surface area contributed by atoms with Crippen LogP contribution >= 0.6 is 0 Å². The van der Waals surface area contributed by atoms with Crippen LogP contribution in [0.15, 0.2) is 115 Å². The van der Waals surface area contributed by atoms with Gasteiger partial charge in [0.05, 0.1) is 0 Å². The van der Waals surface area contributed by atoms with Gasteiger partial charge in [0, 0.05) is 22.3 Å². The summed E-state index contributed by atoms with van der Waals surface area (Å²) in [6, 6.07) is 29.8. The number of rotatable bonds is 10. The van der Waals surface area contributed by atoms with E-state index in [1.807, 2.05) is 30.3 Å². The van der Waals surface area contributed by atoms with Gasteiger partial charge in [0.15, 0.2) is 17.3 Å². The molecule has 0 aliphatic heterocycles. The van der Waals surface area contributed by atoms with Gasteiger partial charge in [-0.05, 0) is 28.8 Å². The molecule has 0 saturated carbocycles. The molecule has 0 radical (unpaired) electrons. The quantitative estimate of drug-likeness (QED) is 0.116. The number of carbonyl (C=O) groups excluding carboxylic acids is 3. The van der Waals surface area contributed by atoms with Crippen molar-refractivity contribution in [3.8, 4) is 0 Å². The van der Waals surface area contributed by atoms with Gasteiger partial charge in [-0.3, -0.25) is 19.6 Å². The molecular weight excluding hydrogens is 464 g/mol. The first-order valence-electron chi connectivity index (χ1n) is 11.6. The van der Waals surface area contributed by atoms with E-state index >= 15 is 0 Å². The van der Waals surface area contributed by atoms with Crippen LogP contribution in [-0.2, 0) is 11.5 Å². The number of allylic oxidation sites excluding steroid dienone is 2. The largest absolute Gasteiger partial charge is 0.289 e. The van der Waals surface area contributed by atoms with Crippen molar-refractivity contribution < 1.29 is 24.5 Å². The summed E-state index contributed by atoms with van der Waals surface area (Å²) in [5.41, 5.74) is 4.54. The lowest BCUT2D eigenvalue weighted by Crippen LogP contribution is -2.02.